The van der Waals surface area contributed by atoms with E-state index in [1.54, 1.807) is 0 Å². The minimum Gasteiger partial charge on any atom is -0.382 e. The Morgan fingerprint density at radius 2 is 2.00 bits per heavy atom. The van der Waals surface area contributed by atoms with Gasteiger partial charge in [0.05, 0.1) is 0 Å². The van der Waals surface area contributed by atoms with Gasteiger partial charge in [-0.1, -0.05) is 13.8 Å². The fourth-order valence-corrected chi connectivity index (χ4v) is 4.68. The summed E-state index contributed by atoms with van der Waals surface area (Å²) in [7, 11) is -0.581. The van der Waals surface area contributed by atoms with Crippen LogP contribution in [-0.2, 0) is 10.0 Å². The van der Waals surface area contributed by atoms with Crippen molar-refractivity contribution in [1.29, 1.82) is 0 Å². The fraction of sp³-hybridized carbons (Fsp3) is 0.750. The number of nitrogens with one attached hydrogen (secondary N) is 1. The molecule has 2 rings (SSSR count). The lowest BCUT2D eigenvalue weighted by molar-refractivity contribution is 0.435. The molecule has 6 nitrogen and oxygen atoms in total. The van der Waals surface area contributed by atoms with Crippen molar-refractivity contribution in [3.8, 4) is 0 Å². The highest BCUT2D eigenvalue weighted by molar-refractivity contribution is 7.89. The average molecular weight is 318 g/mol. The normalized spacial score (nSPS) is 27.1. The highest BCUT2D eigenvalue weighted by Crippen LogP contribution is 2.38. The molecule has 114 valence electrons. The second-order valence-electron chi connectivity index (χ2n) is 5.68. The van der Waals surface area contributed by atoms with Crippen LogP contribution in [0.4, 0.5) is 10.8 Å². The summed E-state index contributed by atoms with van der Waals surface area (Å²) in [6.07, 6.45) is 2.20. The van der Waals surface area contributed by atoms with Gasteiger partial charge in [0, 0.05) is 20.1 Å². The van der Waals surface area contributed by atoms with Crippen molar-refractivity contribution < 1.29 is 8.42 Å². The second kappa shape index (κ2) is 5.50. The molecule has 3 atom stereocenters. The molecule has 0 radical (unpaired) electrons. The molecule has 1 fully saturated rings. The highest BCUT2D eigenvalue weighted by atomic mass is 32.2. The molecule has 20 heavy (non-hydrogen) atoms. The van der Waals surface area contributed by atoms with E-state index in [0.29, 0.717) is 16.8 Å². The molecule has 1 heterocycles. The lowest BCUT2D eigenvalue weighted by atomic mass is 9.98. The van der Waals surface area contributed by atoms with Crippen LogP contribution in [0.25, 0.3) is 0 Å². The summed E-state index contributed by atoms with van der Waals surface area (Å²) in [5.41, 5.74) is 5.75. The molecule has 0 bridgehead atoms. The van der Waals surface area contributed by atoms with E-state index in [4.69, 9.17) is 5.73 Å². The maximum absolute atomic E-state index is 12.3. The van der Waals surface area contributed by atoms with Crippen LogP contribution in [0.3, 0.4) is 0 Å². The molecule has 0 spiro atoms. The maximum atomic E-state index is 12.3. The summed E-state index contributed by atoms with van der Waals surface area (Å²) in [5.74, 6) is 1.23. The largest absolute Gasteiger partial charge is 0.382 e. The second-order valence-corrected chi connectivity index (χ2v) is 8.54. The van der Waals surface area contributed by atoms with E-state index in [2.05, 4.69) is 23.5 Å². The molecular weight excluding hydrogens is 296 g/mol. The van der Waals surface area contributed by atoms with Gasteiger partial charge in [-0.05, 0) is 36.2 Å². The quantitative estimate of drug-likeness (QED) is 0.884. The van der Waals surface area contributed by atoms with E-state index in [1.807, 2.05) is 0 Å². The summed E-state index contributed by atoms with van der Waals surface area (Å²) in [4.78, 5) is 0.110. The van der Waals surface area contributed by atoms with Gasteiger partial charge in [0.15, 0.2) is 10.7 Å². The summed E-state index contributed by atoms with van der Waals surface area (Å²) in [5, 5.41) is 3.90. The van der Waals surface area contributed by atoms with Crippen molar-refractivity contribution in [3.05, 3.63) is 0 Å². The third kappa shape index (κ3) is 2.64. The minimum atomic E-state index is -3.57. The van der Waals surface area contributed by atoms with Crippen molar-refractivity contribution >= 4 is 32.4 Å². The van der Waals surface area contributed by atoms with Crippen molar-refractivity contribution in [3.63, 3.8) is 0 Å². The van der Waals surface area contributed by atoms with E-state index in [1.165, 1.54) is 18.4 Å². The zero-order valence-electron chi connectivity index (χ0n) is 12.3. The standard InChI is InChI=1S/C12H22N4O2S2/c1-7-5-6-9(8(7)2)14-12-10(11(13)15-19-12)20(17,18)16(3)4/h7-9,14H,5-6H2,1-4H3,(H2,13,15). The summed E-state index contributed by atoms with van der Waals surface area (Å²) in [6, 6.07) is 0.279. The van der Waals surface area contributed by atoms with Crippen molar-refractivity contribution in [2.75, 3.05) is 25.1 Å². The van der Waals surface area contributed by atoms with Crippen molar-refractivity contribution in [2.45, 2.75) is 37.6 Å². The number of hydrogen-bond donors (Lipinski definition) is 2. The van der Waals surface area contributed by atoms with E-state index in [9.17, 15) is 8.42 Å². The van der Waals surface area contributed by atoms with Gasteiger partial charge in [-0.2, -0.15) is 4.37 Å². The Morgan fingerprint density at radius 3 is 2.50 bits per heavy atom. The van der Waals surface area contributed by atoms with E-state index in [0.717, 1.165) is 24.4 Å². The molecule has 1 saturated carbocycles. The summed E-state index contributed by atoms with van der Waals surface area (Å²) in [6.45, 7) is 4.42. The molecular formula is C12H22N4O2S2. The van der Waals surface area contributed by atoms with Crippen LogP contribution >= 0.6 is 11.5 Å². The monoisotopic (exact) mass is 318 g/mol. The number of rotatable bonds is 4. The molecule has 1 aromatic rings. The summed E-state index contributed by atoms with van der Waals surface area (Å²) >= 11 is 1.12. The molecule has 1 aliphatic carbocycles. The van der Waals surface area contributed by atoms with Crippen LogP contribution in [0.2, 0.25) is 0 Å². The smallest absolute Gasteiger partial charge is 0.249 e. The molecule has 0 amide bonds. The highest BCUT2D eigenvalue weighted by Gasteiger charge is 2.33. The van der Waals surface area contributed by atoms with E-state index >= 15 is 0 Å². The number of nitrogen functional groups attached to an aromatic ring is 1. The van der Waals surface area contributed by atoms with Gasteiger partial charge >= 0.3 is 0 Å². The van der Waals surface area contributed by atoms with Gasteiger partial charge in [-0.25, -0.2) is 12.7 Å². The third-order valence-corrected chi connectivity index (χ3v) is 7.01. The molecule has 3 N–H and O–H groups in total. The van der Waals surface area contributed by atoms with Crippen molar-refractivity contribution in [2.24, 2.45) is 11.8 Å². The zero-order chi connectivity index (χ0) is 15.1. The SMILES string of the molecule is CC1CCC(Nc2snc(N)c2S(=O)(=O)N(C)C)C1C. The number of sulfonamides is 1. The number of aromatic nitrogens is 1. The van der Waals surface area contributed by atoms with Crippen LogP contribution in [0.15, 0.2) is 4.90 Å². The Labute approximate surface area is 124 Å². The first-order valence-corrected chi connectivity index (χ1v) is 8.90. The van der Waals surface area contributed by atoms with Crippen LogP contribution in [0, 0.1) is 11.8 Å². The zero-order valence-corrected chi connectivity index (χ0v) is 13.9. The van der Waals surface area contributed by atoms with Crippen LogP contribution in [0.1, 0.15) is 26.7 Å². The summed E-state index contributed by atoms with van der Waals surface area (Å²) < 4.78 is 29.8. The van der Waals surface area contributed by atoms with Crippen LogP contribution in [0.5, 0.6) is 0 Å². The van der Waals surface area contributed by atoms with Gasteiger partial charge in [-0.15, -0.1) is 0 Å². The Hall–Kier alpha value is -0.860. The fourth-order valence-electron chi connectivity index (χ4n) is 2.55. The number of nitrogens with two attached hydrogens (primary N) is 1. The number of hydrogen-bond acceptors (Lipinski definition) is 6. The van der Waals surface area contributed by atoms with Gasteiger partial charge in [0.1, 0.15) is 5.00 Å². The van der Waals surface area contributed by atoms with Gasteiger partial charge in [0.2, 0.25) is 10.0 Å². The predicted molar refractivity (Wildman–Crippen MR) is 82.4 cm³/mol. The first-order chi connectivity index (χ1) is 9.25. The van der Waals surface area contributed by atoms with Gasteiger partial charge in [0.25, 0.3) is 0 Å². The lowest BCUT2D eigenvalue weighted by Gasteiger charge is -2.21. The Bertz CT molecular complexity index is 582. The van der Waals surface area contributed by atoms with E-state index in [-0.39, 0.29) is 16.8 Å². The third-order valence-electron chi connectivity index (χ3n) is 4.19. The van der Waals surface area contributed by atoms with E-state index < -0.39 is 10.0 Å². The lowest BCUT2D eigenvalue weighted by Crippen LogP contribution is -2.27. The first kappa shape index (κ1) is 15.5. The van der Waals surface area contributed by atoms with Gasteiger partial charge in [-0.3, -0.25) is 0 Å². The Balaban J connectivity index is 2.31. The predicted octanol–water partition coefficient (Wildman–Crippen LogP) is 1.82. The van der Waals surface area contributed by atoms with Crippen LogP contribution in [-0.4, -0.2) is 37.2 Å². The average Bonchev–Trinajstić information content (AvgIpc) is 2.87. The molecule has 0 saturated heterocycles. The molecule has 1 aromatic heterocycles. The number of anilines is 2. The minimum absolute atomic E-state index is 0.0740. The molecule has 1 aliphatic rings. The molecule has 0 aliphatic heterocycles. The molecule has 3 unspecified atom stereocenters. The van der Waals surface area contributed by atoms with Gasteiger partial charge < -0.3 is 11.1 Å². The van der Waals surface area contributed by atoms with Crippen molar-refractivity contribution in [1.82, 2.24) is 8.68 Å². The Morgan fingerprint density at radius 1 is 1.35 bits per heavy atom. The first-order valence-electron chi connectivity index (χ1n) is 6.69. The molecule has 8 heteroatoms. The number of nitrogens with zero attached hydrogens (tertiary/aromatic N) is 2. The maximum Gasteiger partial charge on any atom is 0.249 e. The van der Waals surface area contributed by atoms with Crippen LogP contribution < -0.4 is 11.1 Å². The Kier molecular flexibility index (Phi) is 4.27. The topological polar surface area (TPSA) is 88.3 Å². The molecule has 0 aromatic carbocycles.